The molecule has 0 radical (unpaired) electrons. The van der Waals surface area contributed by atoms with E-state index >= 15 is 0 Å². The maximum absolute atomic E-state index is 12.3. The van der Waals surface area contributed by atoms with Crippen LogP contribution in [0.1, 0.15) is 37.7 Å². The van der Waals surface area contributed by atoms with Crippen LogP contribution < -0.4 is 10.6 Å². The Morgan fingerprint density at radius 2 is 2.18 bits per heavy atom. The molecule has 17 heavy (non-hydrogen) atoms. The molecule has 1 aliphatic heterocycles. The van der Waals surface area contributed by atoms with Crippen molar-refractivity contribution in [3.05, 3.63) is 29.8 Å². The van der Waals surface area contributed by atoms with Gasteiger partial charge in [-0.3, -0.25) is 4.79 Å². The van der Waals surface area contributed by atoms with E-state index in [-0.39, 0.29) is 17.4 Å². The third kappa shape index (κ3) is 1.79. The molecule has 3 nitrogen and oxygen atoms in total. The first kappa shape index (κ1) is 10.6. The Hall–Kier alpha value is -1.51. The van der Waals surface area contributed by atoms with Crippen LogP contribution >= 0.6 is 0 Å². The Morgan fingerprint density at radius 1 is 1.41 bits per heavy atom. The van der Waals surface area contributed by atoms with Crippen LogP contribution in [0, 0.1) is 0 Å². The number of carbonyl (C=O) groups is 1. The second-order valence-electron chi connectivity index (χ2n) is 5.42. The average Bonchev–Trinajstić information content (AvgIpc) is 2.70. The number of amides is 1. The number of anilines is 1. The standard InChI is InChI=1S/C14H18N2O/c1-14(7-4-8-14)16-13(17)11-9-15-12-6-3-2-5-10(11)12/h2-3,5-6,11,15H,4,7-9H2,1H3,(H,16,17). The lowest BCUT2D eigenvalue weighted by Gasteiger charge is -2.39. The van der Waals surface area contributed by atoms with Gasteiger partial charge in [0.15, 0.2) is 0 Å². The number of rotatable bonds is 2. The maximum Gasteiger partial charge on any atom is 0.229 e. The zero-order valence-corrected chi connectivity index (χ0v) is 10.1. The van der Waals surface area contributed by atoms with E-state index < -0.39 is 0 Å². The van der Waals surface area contributed by atoms with Crippen molar-refractivity contribution in [1.29, 1.82) is 0 Å². The number of nitrogens with one attached hydrogen (secondary N) is 2. The van der Waals surface area contributed by atoms with Gasteiger partial charge in [0.05, 0.1) is 5.92 Å². The topological polar surface area (TPSA) is 41.1 Å². The van der Waals surface area contributed by atoms with Crippen LogP contribution in [0.15, 0.2) is 24.3 Å². The molecule has 3 rings (SSSR count). The van der Waals surface area contributed by atoms with E-state index in [1.807, 2.05) is 24.3 Å². The Kier molecular flexibility index (Phi) is 2.35. The van der Waals surface area contributed by atoms with Crippen molar-refractivity contribution in [2.45, 2.75) is 37.6 Å². The fourth-order valence-electron chi connectivity index (χ4n) is 2.73. The van der Waals surface area contributed by atoms with E-state index in [0.29, 0.717) is 0 Å². The minimum Gasteiger partial charge on any atom is -0.384 e. The van der Waals surface area contributed by atoms with Crippen molar-refractivity contribution >= 4 is 11.6 Å². The molecule has 1 aromatic rings. The highest BCUT2D eigenvalue weighted by Gasteiger charge is 2.37. The van der Waals surface area contributed by atoms with E-state index in [0.717, 1.165) is 30.6 Å². The molecular weight excluding hydrogens is 212 g/mol. The summed E-state index contributed by atoms with van der Waals surface area (Å²) in [5, 5.41) is 6.49. The predicted octanol–water partition coefficient (Wildman–Crippen LogP) is 2.25. The van der Waals surface area contributed by atoms with Crippen LogP contribution in [-0.2, 0) is 4.79 Å². The summed E-state index contributed by atoms with van der Waals surface area (Å²) in [5.41, 5.74) is 2.29. The van der Waals surface area contributed by atoms with Gasteiger partial charge in [-0.25, -0.2) is 0 Å². The number of benzene rings is 1. The molecule has 1 amide bonds. The van der Waals surface area contributed by atoms with E-state index in [1.54, 1.807) is 0 Å². The monoisotopic (exact) mass is 230 g/mol. The fraction of sp³-hybridized carbons (Fsp3) is 0.500. The lowest BCUT2D eigenvalue weighted by molar-refractivity contribution is -0.124. The molecule has 0 spiro atoms. The van der Waals surface area contributed by atoms with E-state index in [4.69, 9.17) is 0 Å². The highest BCUT2D eigenvalue weighted by Crippen LogP contribution is 2.34. The zero-order valence-electron chi connectivity index (χ0n) is 10.1. The molecule has 3 heteroatoms. The quantitative estimate of drug-likeness (QED) is 0.818. The SMILES string of the molecule is CC1(NC(=O)C2CNc3ccccc32)CCC1. The van der Waals surface area contributed by atoms with Crippen molar-refractivity contribution < 1.29 is 4.79 Å². The molecule has 1 aromatic carbocycles. The molecule has 90 valence electrons. The molecular formula is C14H18N2O. The summed E-state index contributed by atoms with van der Waals surface area (Å²) < 4.78 is 0. The summed E-state index contributed by atoms with van der Waals surface area (Å²) in [4.78, 5) is 12.3. The molecule has 1 aliphatic carbocycles. The van der Waals surface area contributed by atoms with Crippen molar-refractivity contribution in [3.63, 3.8) is 0 Å². The Bertz CT molecular complexity index is 451. The summed E-state index contributed by atoms with van der Waals surface area (Å²) in [6.45, 7) is 2.87. The van der Waals surface area contributed by atoms with Crippen molar-refractivity contribution in [3.8, 4) is 0 Å². The van der Waals surface area contributed by atoms with Gasteiger partial charge in [-0.1, -0.05) is 18.2 Å². The van der Waals surface area contributed by atoms with Gasteiger partial charge in [-0.05, 0) is 37.8 Å². The number of carbonyl (C=O) groups excluding carboxylic acids is 1. The lowest BCUT2D eigenvalue weighted by Crippen LogP contribution is -2.52. The van der Waals surface area contributed by atoms with Gasteiger partial charge >= 0.3 is 0 Å². The van der Waals surface area contributed by atoms with Gasteiger partial charge in [0.25, 0.3) is 0 Å². The van der Waals surface area contributed by atoms with Gasteiger partial charge in [-0.15, -0.1) is 0 Å². The third-order valence-electron chi connectivity index (χ3n) is 4.03. The average molecular weight is 230 g/mol. The fourth-order valence-corrected chi connectivity index (χ4v) is 2.73. The van der Waals surface area contributed by atoms with E-state index in [2.05, 4.69) is 17.6 Å². The van der Waals surface area contributed by atoms with Crippen LogP contribution in [0.25, 0.3) is 0 Å². The lowest BCUT2D eigenvalue weighted by atomic mass is 9.78. The summed E-state index contributed by atoms with van der Waals surface area (Å²) >= 11 is 0. The van der Waals surface area contributed by atoms with Crippen LogP contribution in [-0.4, -0.2) is 18.0 Å². The molecule has 1 fully saturated rings. The van der Waals surface area contributed by atoms with Crippen molar-refractivity contribution in [2.75, 3.05) is 11.9 Å². The van der Waals surface area contributed by atoms with E-state index in [1.165, 1.54) is 6.42 Å². The predicted molar refractivity (Wildman–Crippen MR) is 68.1 cm³/mol. The molecule has 1 atom stereocenters. The second-order valence-corrected chi connectivity index (χ2v) is 5.42. The van der Waals surface area contributed by atoms with Crippen molar-refractivity contribution in [2.24, 2.45) is 0 Å². The Labute approximate surface area is 102 Å². The van der Waals surface area contributed by atoms with Gasteiger partial charge in [0, 0.05) is 17.8 Å². The summed E-state index contributed by atoms with van der Waals surface area (Å²) in [5.74, 6) is 0.147. The summed E-state index contributed by atoms with van der Waals surface area (Å²) in [6.07, 6.45) is 3.46. The van der Waals surface area contributed by atoms with Crippen molar-refractivity contribution in [1.82, 2.24) is 5.32 Å². The molecule has 2 aliphatic rings. The van der Waals surface area contributed by atoms with Gasteiger partial charge < -0.3 is 10.6 Å². The van der Waals surface area contributed by atoms with Crippen LogP contribution in [0.4, 0.5) is 5.69 Å². The summed E-state index contributed by atoms with van der Waals surface area (Å²) in [7, 11) is 0. The molecule has 2 N–H and O–H groups in total. The maximum atomic E-state index is 12.3. The van der Waals surface area contributed by atoms with Crippen LogP contribution in [0.3, 0.4) is 0 Å². The number of hydrogen-bond acceptors (Lipinski definition) is 2. The molecule has 1 saturated carbocycles. The Balaban J connectivity index is 1.75. The van der Waals surface area contributed by atoms with Crippen LogP contribution in [0.5, 0.6) is 0 Å². The highest BCUT2D eigenvalue weighted by atomic mass is 16.2. The number of fused-ring (bicyclic) bond motifs is 1. The highest BCUT2D eigenvalue weighted by molar-refractivity contribution is 5.88. The zero-order chi connectivity index (χ0) is 11.9. The first-order valence-corrected chi connectivity index (χ1v) is 6.33. The molecule has 1 heterocycles. The largest absolute Gasteiger partial charge is 0.384 e. The summed E-state index contributed by atoms with van der Waals surface area (Å²) in [6, 6.07) is 8.08. The third-order valence-corrected chi connectivity index (χ3v) is 4.03. The minimum absolute atomic E-state index is 0.0244. The molecule has 0 aromatic heterocycles. The minimum atomic E-state index is -0.0244. The normalized spacial score (nSPS) is 24.4. The second kappa shape index (κ2) is 3.76. The Morgan fingerprint density at radius 3 is 2.88 bits per heavy atom. The first-order valence-electron chi connectivity index (χ1n) is 6.33. The molecule has 0 saturated heterocycles. The number of hydrogen-bond donors (Lipinski definition) is 2. The van der Waals surface area contributed by atoms with Gasteiger partial charge in [0.2, 0.25) is 5.91 Å². The molecule has 1 unspecified atom stereocenters. The van der Waals surface area contributed by atoms with Gasteiger partial charge in [-0.2, -0.15) is 0 Å². The van der Waals surface area contributed by atoms with E-state index in [9.17, 15) is 4.79 Å². The van der Waals surface area contributed by atoms with Crippen LogP contribution in [0.2, 0.25) is 0 Å². The van der Waals surface area contributed by atoms with Gasteiger partial charge in [0.1, 0.15) is 0 Å². The first-order chi connectivity index (χ1) is 8.18. The molecule has 0 bridgehead atoms. The smallest absolute Gasteiger partial charge is 0.229 e. The number of para-hydroxylation sites is 1.